The van der Waals surface area contributed by atoms with Crippen molar-refractivity contribution in [2.45, 2.75) is 24.7 Å². The third-order valence-corrected chi connectivity index (χ3v) is 6.38. The van der Waals surface area contributed by atoms with E-state index in [9.17, 15) is 18.0 Å². The maximum Gasteiger partial charge on any atom is 0.225 e. The summed E-state index contributed by atoms with van der Waals surface area (Å²) in [5.41, 5.74) is 2.07. The number of carbonyl (C=O) groups is 2. The second-order valence-electron chi connectivity index (χ2n) is 6.53. The van der Waals surface area contributed by atoms with Crippen molar-refractivity contribution in [3.05, 3.63) is 48.0 Å². The molecule has 1 N–H and O–H groups in total. The Hall–Kier alpha value is -2.87. The molecular formula is C20H22N2O5S. The van der Waals surface area contributed by atoms with Crippen LogP contribution in [-0.4, -0.2) is 39.6 Å². The van der Waals surface area contributed by atoms with Crippen LogP contribution in [0.15, 0.2) is 47.4 Å². The molecule has 28 heavy (non-hydrogen) atoms. The number of sulfone groups is 1. The Kier molecular flexibility index (Phi) is 5.69. The van der Waals surface area contributed by atoms with Crippen molar-refractivity contribution in [1.29, 1.82) is 0 Å². The van der Waals surface area contributed by atoms with E-state index in [1.807, 2.05) is 0 Å². The van der Waals surface area contributed by atoms with Gasteiger partial charge in [-0.1, -0.05) is 12.1 Å². The van der Waals surface area contributed by atoms with E-state index in [4.69, 9.17) is 4.74 Å². The Balaban J connectivity index is 1.67. The number of carbonyl (C=O) groups excluding carboxylic acids is 2. The highest BCUT2D eigenvalue weighted by Gasteiger charge is 2.25. The number of para-hydroxylation sites is 2. The van der Waals surface area contributed by atoms with Crippen LogP contribution in [0.4, 0.5) is 11.4 Å². The molecule has 0 saturated carbocycles. The molecule has 0 aliphatic carbocycles. The maximum absolute atomic E-state index is 12.6. The van der Waals surface area contributed by atoms with Crippen LogP contribution >= 0.6 is 0 Å². The van der Waals surface area contributed by atoms with Gasteiger partial charge in [0.2, 0.25) is 11.8 Å². The molecule has 0 spiro atoms. The minimum atomic E-state index is -3.62. The maximum atomic E-state index is 12.6. The first-order valence-electron chi connectivity index (χ1n) is 8.88. The standard InChI is InChI=1S/C20H22N2O5S/c1-14(23)22-11-9-15-13-16(7-8-18(15)22)28(25,26)12-10-20(24)21-17-5-3-4-6-19(17)27-2/h3-8,13H,9-12H2,1-2H3,(H,21,24). The summed E-state index contributed by atoms with van der Waals surface area (Å²) in [6.07, 6.45) is 0.448. The lowest BCUT2D eigenvalue weighted by molar-refractivity contribution is -0.117. The number of anilines is 2. The largest absolute Gasteiger partial charge is 0.495 e. The second kappa shape index (κ2) is 8.02. The summed E-state index contributed by atoms with van der Waals surface area (Å²) >= 11 is 0. The van der Waals surface area contributed by atoms with Crippen molar-refractivity contribution in [3.8, 4) is 5.75 Å². The van der Waals surface area contributed by atoms with Crippen molar-refractivity contribution < 1.29 is 22.7 Å². The van der Waals surface area contributed by atoms with E-state index < -0.39 is 15.7 Å². The lowest BCUT2D eigenvalue weighted by Gasteiger charge is -2.15. The second-order valence-corrected chi connectivity index (χ2v) is 8.64. The minimum Gasteiger partial charge on any atom is -0.495 e. The normalized spacial score (nSPS) is 13.1. The van der Waals surface area contributed by atoms with Gasteiger partial charge >= 0.3 is 0 Å². The molecule has 7 nitrogen and oxygen atoms in total. The molecule has 0 bridgehead atoms. The van der Waals surface area contributed by atoms with Crippen LogP contribution in [0.5, 0.6) is 5.75 Å². The molecule has 8 heteroatoms. The zero-order chi connectivity index (χ0) is 20.3. The molecule has 0 radical (unpaired) electrons. The number of rotatable bonds is 6. The SMILES string of the molecule is COc1ccccc1NC(=O)CCS(=O)(=O)c1ccc2c(c1)CCN2C(C)=O. The van der Waals surface area contributed by atoms with Gasteiger partial charge in [-0.2, -0.15) is 0 Å². The first kappa shape index (κ1) is 19.9. The average molecular weight is 402 g/mol. The smallest absolute Gasteiger partial charge is 0.225 e. The van der Waals surface area contributed by atoms with Crippen LogP contribution in [0.1, 0.15) is 18.9 Å². The van der Waals surface area contributed by atoms with Gasteiger partial charge in [0.1, 0.15) is 5.75 Å². The minimum absolute atomic E-state index is 0.0673. The molecule has 2 aromatic carbocycles. The van der Waals surface area contributed by atoms with E-state index in [0.717, 1.165) is 11.3 Å². The highest BCUT2D eigenvalue weighted by atomic mass is 32.2. The number of nitrogens with zero attached hydrogens (tertiary/aromatic N) is 1. The number of methoxy groups -OCH3 is 1. The highest BCUT2D eigenvalue weighted by Crippen LogP contribution is 2.30. The summed E-state index contributed by atoms with van der Waals surface area (Å²) in [5, 5.41) is 2.67. The molecule has 0 fully saturated rings. The summed E-state index contributed by atoms with van der Waals surface area (Å²) in [6.45, 7) is 2.04. The van der Waals surface area contributed by atoms with Crippen LogP contribution in [-0.2, 0) is 25.8 Å². The Morgan fingerprint density at radius 1 is 1.18 bits per heavy atom. The van der Waals surface area contributed by atoms with E-state index >= 15 is 0 Å². The van der Waals surface area contributed by atoms with Crippen molar-refractivity contribution in [2.75, 3.05) is 29.6 Å². The van der Waals surface area contributed by atoms with Crippen LogP contribution in [0, 0.1) is 0 Å². The Morgan fingerprint density at radius 2 is 1.93 bits per heavy atom. The van der Waals surface area contributed by atoms with Gasteiger partial charge in [0, 0.05) is 25.6 Å². The molecule has 2 amide bonds. The number of fused-ring (bicyclic) bond motifs is 1. The van der Waals surface area contributed by atoms with E-state index in [1.54, 1.807) is 41.3 Å². The van der Waals surface area contributed by atoms with Crippen molar-refractivity contribution >= 4 is 33.0 Å². The van der Waals surface area contributed by atoms with Gasteiger partial charge in [0.15, 0.2) is 9.84 Å². The lowest BCUT2D eigenvalue weighted by Crippen LogP contribution is -2.25. The van der Waals surface area contributed by atoms with Gasteiger partial charge in [-0.05, 0) is 42.3 Å². The number of benzene rings is 2. The molecule has 0 aromatic heterocycles. The van der Waals surface area contributed by atoms with Crippen molar-refractivity contribution in [2.24, 2.45) is 0 Å². The third-order valence-electron chi connectivity index (χ3n) is 4.66. The fourth-order valence-corrected chi connectivity index (χ4v) is 4.49. The number of nitrogens with one attached hydrogen (secondary N) is 1. The monoisotopic (exact) mass is 402 g/mol. The van der Waals surface area contributed by atoms with E-state index in [0.29, 0.717) is 24.4 Å². The molecular weight excluding hydrogens is 380 g/mol. The fraction of sp³-hybridized carbons (Fsp3) is 0.300. The lowest BCUT2D eigenvalue weighted by atomic mass is 10.2. The molecule has 3 rings (SSSR count). The van der Waals surface area contributed by atoms with Gasteiger partial charge in [0.05, 0.1) is 23.4 Å². The number of hydrogen-bond acceptors (Lipinski definition) is 5. The number of ether oxygens (including phenoxy) is 1. The van der Waals surface area contributed by atoms with E-state index in [2.05, 4.69) is 5.32 Å². The summed E-state index contributed by atoms with van der Waals surface area (Å²) < 4.78 is 30.5. The fourth-order valence-electron chi connectivity index (χ4n) is 3.20. The Labute approximate surface area is 164 Å². The molecule has 1 aliphatic rings. The number of amides is 2. The molecule has 0 atom stereocenters. The first-order chi connectivity index (χ1) is 13.3. The molecule has 2 aromatic rings. The predicted octanol–water partition coefficient (Wildman–Crippen LogP) is 2.41. The van der Waals surface area contributed by atoms with Gasteiger partial charge in [0.25, 0.3) is 0 Å². The van der Waals surface area contributed by atoms with Gasteiger partial charge in [-0.3, -0.25) is 9.59 Å². The van der Waals surface area contributed by atoms with Gasteiger partial charge in [-0.25, -0.2) is 8.42 Å². The number of hydrogen-bond donors (Lipinski definition) is 1. The Morgan fingerprint density at radius 3 is 2.64 bits per heavy atom. The van der Waals surface area contributed by atoms with E-state index in [-0.39, 0.29) is 23.0 Å². The summed E-state index contributed by atoms with van der Waals surface area (Å²) in [4.78, 5) is 25.6. The molecule has 0 saturated heterocycles. The van der Waals surface area contributed by atoms with Gasteiger partial charge in [-0.15, -0.1) is 0 Å². The van der Waals surface area contributed by atoms with Gasteiger partial charge < -0.3 is 15.0 Å². The molecule has 148 valence electrons. The van der Waals surface area contributed by atoms with Crippen LogP contribution in [0.25, 0.3) is 0 Å². The van der Waals surface area contributed by atoms with Crippen molar-refractivity contribution in [3.63, 3.8) is 0 Å². The van der Waals surface area contributed by atoms with Crippen LogP contribution < -0.4 is 15.0 Å². The predicted molar refractivity (Wildman–Crippen MR) is 106 cm³/mol. The van der Waals surface area contributed by atoms with Crippen LogP contribution in [0.3, 0.4) is 0 Å². The van der Waals surface area contributed by atoms with E-state index in [1.165, 1.54) is 20.1 Å². The first-order valence-corrected chi connectivity index (χ1v) is 10.5. The summed E-state index contributed by atoms with van der Waals surface area (Å²) in [5.74, 6) is -0.268. The highest BCUT2D eigenvalue weighted by molar-refractivity contribution is 7.91. The third kappa shape index (κ3) is 4.17. The zero-order valence-corrected chi connectivity index (χ0v) is 16.6. The summed E-state index contributed by atoms with van der Waals surface area (Å²) in [7, 11) is -2.12. The van der Waals surface area contributed by atoms with Crippen LogP contribution in [0.2, 0.25) is 0 Å². The average Bonchev–Trinajstić information content (AvgIpc) is 3.10. The summed E-state index contributed by atoms with van der Waals surface area (Å²) in [6, 6.07) is 11.7. The van der Waals surface area contributed by atoms with Crippen molar-refractivity contribution in [1.82, 2.24) is 0 Å². The quantitative estimate of drug-likeness (QED) is 0.801. The topological polar surface area (TPSA) is 92.8 Å². The molecule has 0 unspecified atom stereocenters. The zero-order valence-electron chi connectivity index (χ0n) is 15.8. The Bertz CT molecular complexity index is 1020. The molecule has 1 aliphatic heterocycles. The molecule has 1 heterocycles.